The maximum absolute atomic E-state index is 13.0. The molecule has 3 aromatic rings. The zero-order valence-corrected chi connectivity index (χ0v) is 15.5. The predicted molar refractivity (Wildman–Crippen MR) is 103 cm³/mol. The molecule has 0 aliphatic carbocycles. The highest BCUT2D eigenvalue weighted by Crippen LogP contribution is 2.25. The van der Waals surface area contributed by atoms with Crippen molar-refractivity contribution in [3.8, 4) is 0 Å². The highest BCUT2D eigenvalue weighted by atomic mass is 79.9. The molecule has 0 fully saturated rings. The molecule has 0 atom stereocenters. The van der Waals surface area contributed by atoms with Gasteiger partial charge in [0.2, 0.25) is 0 Å². The fourth-order valence-corrected chi connectivity index (χ4v) is 3.41. The Bertz CT molecular complexity index is 923. The second-order valence-corrected chi connectivity index (χ2v) is 6.70. The van der Waals surface area contributed by atoms with Gasteiger partial charge in [0.15, 0.2) is 0 Å². The molecule has 0 aliphatic heterocycles. The van der Waals surface area contributed by atoms with Crippen molar-refractivity contribution in [3.05, 3.63) is 103 Å². The number of benzene rings is 2. The standard InChI is InChI=1S/C20H19BrN2O2/c1-2-13-22-19(24)17(21)14-23(20(22)25)18(15-9-5-3-6-10-15)16-11-7-4-8-12-16/h3-12,14,18H,2,13H2,1H3. The SMILES string of the molecule is CCCn1c(=O)c(Br)cn(C(c2ccccc2)c2ccccc2)c1=O. The molecule has 0 aliphatic rings. The maximum atomic E-state index is 13.0. The molecule has 0 N–H and O–H groups in total. The largest absolute Gasteiger partial charge is 0.331 e. The van der Waals surface area contributed by atoms with Crippen LogP contribution in [0.5, 0.6) is 0 Å². The van der Waals surface area contributed by atoms with Crippen LogP contribution in [0, 0.1) is 0 Å². The molecule has 0 saturated carbocycles. The van der Waals surface area contributed by atoms with E-state index in [1.165, 1.54) is 4.57 Å². The van der Waals surface area contributed by atoms with Gasteiger partial charge in [0.25, 0.3) is 5.56 Å². The number of rotatable bonds is 5. The van der Waals surface area contributed by atoms with E-state index in [1.54, 1.807) is 10.8 Å². The van der Waals surface area contributed by atoms with Crippen LogP contribution in [0.25, 0.3) is 0 Å². The van der Waals surface area contributed by atoms with Crippen LogP contribution < -0.4 is 11.2 Å². The molecule has 0 saturated heterocycles. The number of hydrogen-bond acceptors (Lipinski definition) is 2. The van der Waals surface area contributed by atoms with Gasteiger partial charge >= 0.3 is 5.69 Å². The quantitative estimate of drug-likeness (QED) is 0.655. The lowest BCUT2D eigenvalue weighted by Gasteiger charge is -2.22. The third kappa shape index (κ3) is 3.51. The monoisotopic (exact) mass is 398 g/mol. The summed E-state index contributed by atoms with van der Waals surface area (Å²) in [6, 6.07) is 19.4. The average molecular weight is 399 g/mol. The van der Waals surface area contributed by atoms with E-state index >= 15 is 0 Å². The Morgan fingerprint density at radius 3 is 1.92 bits per heavy atom. The lowest BCUT2D eigenvalue weighted by molar-refractivity contribution is 0.532. The van der Waals surface area contributed by atoms with Crippen LogP contribution in [-0.2, 0) is 6.54 Å². The Morgan fingerprint density at radius 1 is 0.920 bits per heavy atom. The molecular weight excluding hydrogens is 380 g/mol. The third-order valence-corrected chi connectivity index (χ3v) is 4.65. The van der Waals surface area contributed by atoms with Crippen LogP contribution in [0.4, 0.5) is 0 Å². The Labute approximate surface area is 154 Å². The van der Waals surface area contributed by atoms with Crippen molar-refractivity contribution in [1.82, 2.24) is 9.13 Å². The first kappa shape index (κ1) is 17.4. The number of hydrogen-bond donors (Lipinski definition) is 0. The fraction of sp³-hybridized carbons (Fsp3) is 0.200. The van der Waals surface area contributed by atoms with Gasteiger partial charge in [-0.25, -0.2) is 4.79 Å². The predicted octanol–water partition coefficient (Wildman–Crippen LogP) is 3.82. The number of nitrogens with zero attached hydrogens (tertiary/aromatic N) is 2. The maximum Gasteiger partial charge on any atom is 0.331 e. The molecule has 1 aromatic heterocycles. The molecule has 0 bridgehead atoms. The van der Waals surface area contributed by atoms with Crippen LogP contribution in [0.2, 0.25) is 0 Å². The highest BCUT2D eigenvalue weighted by Gasteiger charge is 2.20. The van der Waals surface area contributed by atoms with E-state index in [9.17, 15) is 9.59 Å². The van der Waals surface area contributed by atoms with Gasteiger partial charge in [-0.2, -0.15) is 0 Å². The van der Waals surface area contributed by atoms with E-state index in [1.807, 2.05) is 67.6 Å². The minimum absolute atomic E-state index is 0.289. The summed E-state index contributed by atoms with van der Waals surface area (Å²) in [6.45, 7) is 2.34. The number of halogens is 1. The Morgan fingerprint density at radius 2 is 1.44 bits per heavy atom. The average Bonchev–Trinajstić information content (AvgIpc) is 2.65. The zero-order valence-electron chi connectivity index (χ0n) is 13.9. The molecule has 25 heavy (non-hydrogen) atoms. The van der Waals surface area contributed by atoms with Crippen LogP contribution >= 0.6 is 15.9 Å². The molecule has 0 spiro atoms. The molecule has 128 valence electrons. The Hall–Kier alpha value is -2.40. The summed E-state index contributed by atoms with van der Waals surface area (Å²) in [7, 11) is 0. The molecule has 3 rings (SSSR count). The van der Waals surface area contributed by atoms with Crippen LogP contribution in [0.15, 0.2) is 80.9 Å². The van der Waals surface area contributed by atoms with Crippen molar-refractivity contribution in [2.75, 3.05) is 0 Å². The van der Waals surface area contributed by atoms with Crippen LogP contribution in [0.1, 0.15) is 30.5 Å². The molecule has 0 radical (unpaired) electrons. The van der Waals surface area contributed by atoms with Crippen molar-refractivity contribution in [2.24, 2.45) is 0 Å². The molecule has 0 amide bonds. The summed E-state index contributed by atoms with van der Waals surface area (Å²) in [5.41, 5.74) is 1.39. The summed E-state index contributed by atoms with van der Waals surface area (Å²) in [5, 5.41) is 0. The van der Waals surface area contributed by atoms with E-state index in [0.29, 0.717) is 17.4 Å². The van der Waals surface area contributed by atoms with Gasteiger partial charge in [0.1, 0.15) is 0 Å². The first-order valence-corrected chi connectivity index (χ1v) is 9.04. The first-order chi connectivity index (χ1) is 12.1. The summed E-state index contributed by atoms with van der Waals surface area (Å²) >= 11 is 3.32. The van der Waals surface area contributed by atoms with Gasteiger partial charge in [0.05, 0.1) is 10.5 Å². The van der Waals surface area contributed by atoms with Crippen molar-refractivity contribution in [2.45, 2.75) is 25.9 Å². The van der Waals surface area contributed by atoms with Gasteiger partial charge in [-0.3, -0.25) is 13.9 Å². The van der Waals surface area contributed by atoms with Crippen molar-refractivity contribution in [1.29, 1.82) is 0 Å². The zero-order chi connectivity index (χ0) is 17.8. The highest BCUT2D eigenvalue weighted by molar-refractivity contribution is 9.10. The molecular formula is C20H19BrN2O2. The second kappa shape index (κ2) is 7.66. The molecule has 0 unspecified atom stereocenters. The van der Waals surface area contributed by atoms with E-state index in [-0.39, 0.29) is 17.3 Å². The number of aromatic nitrogens is 2. The third-order valence-electron chi connectivity index (χ3n) is 4.11. The fourth-order valence-electron chi connectivity index (χ4n) is 2.98. The van der Waals surface area contributed by atoms with E-state index in [4.69, 9.17) is 0 Å². The van der Waals surface area contributed by atoms with E-state index in [2.05, 4.69) is 15.9 Å². The minimum atomic E-state index is -0.298. The van der Waals surface area contributed by atoms with Gasteiger partial charge in [-0.05, 0) is 33.5 Å². The smallest absolute Gasteiger partial charge is 0.288 e. The molecule has 2 aromatic carbocycles. The Balaban J connectivity index is 2.28. The van der Waals surface area contributed by atoms with Crippen molar-refractivity contribution >= 4 is 15.9 Å². The summed E-state index contributed by atoms with van der Waals surface area (Å²) in [4.78, 5) is 25.4. The summed E-state index contributed by atoms with van der Waals surface area (Å²) < 4.78 is 3.31. The minimum Gasteiger partial charge on any atom is -0.288 e. The van der Waals surface area contributed by atoms with E-state index in [0.717, 1.165) is 11.1 Å². The topological polar surface area (TPSA) is 44.0 Å². The molecule has 4 nitrogen and oxygen atoms in total. The van der Waals surface area contributed by atoms with Crippen molar-refractivity contribution < 1.29 is 0 Å². The van der Waals surface area contributed by atoms with Crippen LogP contribution in [-0.4, -0.2) is 9.13 Å². The normalized spacial score (nSPS) is 11.0. The lowest BCUT2D eigenvalue weighted by atomic mass is 9.98. The Kier molecular flexibility index (Phi) is 5.34. The summed E-state index contributed by atoms with van der Waals surface area (Å²) in [6.07, 6.45) is 2.31. The first-order valence-electron chi connectivity index (χ1n) is 8.25. The molecule has 5 heteroatoms. The van der Waals surface area contributed by atoms with Gasteiger partial charge in [0, 0.05) is 12.7 Å². The second-order valence-electron chi connectivity index (χ2n) is 5.85. The van der Waals surface area contributed by atoms with Crippen LogP contribution in [0.3, 0.4) is 0 Å². The van der Waals surface area contributed by atoms with Crippen molar-refractivity contribution in [3.63, 3.8) is 0 Å². The van der Waals surface area contributed by atoms with Gasteiger partial charge in [-0.1, -0.05) is 67.6 Å². The summed E-state index contributed by atoms with van der Waals surface area (Å²) in [5.74, 6) is 0. The van der Waals surface area contributed by atoms with Gasteiger partial charge in [-0.15, -0.1) is 0 Å². The molecule has 1 heterocycles. The van der Waals surface area contributed by atoms with E-state index < -0.39 is 0 Å². The lowest BCUT2D eigenvalue weighted by Crippen LogP contribution is -2.41. The van der Waals surface area contributed by atoms with Gasteiger partial charge < -0.3 is 0 Å².